The average molecular weight is 298 g/mol. The van der Waals surface area contributed by atoms with Gasteiger partial charge in [-0.3, -0.25) is 0 Å². The number of aromatic nitrogens is 1. The van der Waals surface area contributed by atoms with Crippen molar-refractivity contribution >= 4 is 27.3 Å². The van der Waals surface area contributed by atoms with E-state index in [1.165, 1.54) is 5.56 Å². The first-order chi connectivity index (χ1) is 7.78. The van der Waals surface area contributed by atoms with Gasteiger partial charge in [0.15, 0.2) is 0 Å². The summed E-state index contributed by atoms with van der Waals surface area (Å²) in [5.74, 6) is 0.887. The molecular weight excluding hydrogens is 286 g/mol. The van der Waals surface area contributed by atoms with E-state index in [1.54, 1.807) is 11.3 Å². The number of hydrogen-bond donors (Lipinski definition) is 0. The maximum atomic E-state index is 5.64. The highest BCUT2D eigenvalue weighted by Gasteiger charge is 2.00. The second-order valence-corrected chi connectivity index (χ2v) is 4.95. The molecular formula is C12H12BrNOS. The molecule has 2 nitrogen and oxygen atoms in total. The fraction of sp³-hybridized carbons (Fsp3) is 0.250. The van der Waals surface area contributed by atoms with Gasteiger partial charge in [-0.1, -0.05) is 28.1 Å². The van der Waals surface area contributed by atoms with Crippen molar-refractivity contribution < 1.29 is 4.74 Å². The molecule has 0 bridgehead atoms. The number of thiazole rings is 1. The third kappa shape index (κ3) is 3.06. The summed E-state index contributed by atoms with van der Waals surface area (Å²) in [4.78, 5) is 4.35. The molecule has 0 saturated heterocycles. The molecule has 1 heterocycles. The number of nitrogens with zero attached hydrogens (tertiary/aromatic N) is 1. The molecule has 0 aliphatic carbocycles. The van der Waals surface area contributed by atoms with Crippen LogP contribution in [0.2, 0.25) is 0 Å². The molecule has 0 saturated carbocycles. The summed E-state index contributed by atoms with van der Waals surface area (Å²) in [6.45, 7) is 2.54. The zero-order chi connectivity index (χ0) is 11.4. The predicted molar refractivity (Wildman–Crippen MR) is 70.3 cm³/mol. The van der Waals surface area contributed by atoms with Crippen molar-refractivity contribution in [3.05, 3.63) is 45.9 Å². The Hall–Kier alpha value is -0.870. The third-order valence-corrected chi connectivity index (χ3v) is 3.69. The summed E-state index contributed by atoms with van der Waals surface area (Å²) >= 11 is 5.04. The van der Waals surface area contributed by atoms with Gasteiger partial charge >= 0.3 is 0 Å². The topological polar surface area (TPSA) is 22.1 Å². The van der Waals surface area contributed by atoms with Crippen molar-refractivity contribution in [1.29, 1.82) is 0 Å². The maximum Gasteiger partial charge on any atom is 0.140 e. The lowest BCUT2D eigenvalue weighted by atomic mass is 10.2. The molecule has 4 heteroatoms. The summed E-state index contributed by atoms with van der Waals surface area (Å²) in [6.07, 6.45) is 0. The minimum atomic E-state index is 0.548. The number of hydrogen-bond acceptors (Lipinski definition) is 3. The van der Waals surface area contributed by atoms with Crippen LogP contribution in [0, 0.1) is 6.92 Å². The maximum absolute atomic E-state index is 5.64. The fourth-order valence-electron chi connectivity index (χ4n) is 1.29. The summed E-state index contributed by atoms with van der Waals surface area (Å²) in [5.41, 5.74) is 2.30. The first-order valence-corrected chi connectivity index (χ1v) is 6.97. The molecule has 2 rings (SSSR count). The van der Waals surface area contributed by atoms with Crippen molar-refractivity contribution in [1.82, 2.24) is 4.98 Å². The van der Waals surface area contributed by atoms with Gasteiger partial charge in [-0.25, -0.2) is 4.98 Å². The van der Waals surface area contributed by atoms with Crippen molar-refractivity contribution in [2.24, 2.45) is 0 Å². The second-order valence-electron chi connectivity index (χ2n) is 3.45. The molecule has 0 fully saturated rings. The zero-order valence-electron chi connectivity index (χ0n) is 8.94. The van der Waals surface area contributed by atoms with Crippen molar-refractivity contribution in [2.45, 2.75) is 18.9 Å². The number of alkyl halides is 1. The predicted octanol–water partition coefficient (Wildman–Crippen LogP) is 3.93. The minimum Gasteiger partial charge on any atom is -0.486 e. The number of aryl methyl sites for hydroxylation is 1. The Labute approximate surface area is 107 Å². The molecule has 2 aromatic rings. The lowest BCUT2D eigenvalue weighted by Crippen LogP contribution is -1.94. The lowest BCUT2D eigenvalue weighted by Gasteiger charge is -2.04. The Morgan fingerprint density at radius 3 is 2.62 bits per heavy atom. The van der Waals surface area contributed by atoms with Gasteiger partial charge < -0.3 is 4.74 Å². The van der Waals surface area contributed by atoms with Gasteiger partial charge in [-0.05, 0) is 24.6 Å². The lowest BCUT2D eigenvalue weighted by molar-refractivity contribution is 0.305. The van der Waals surface area contributed by atoms with E-state index in [4.69, 9.17) is 4.74 Å². The number of benzene rings is 1. The van der Waals surface area contributed by atoms with Crippen LogP contribution in [0.4, 0.5) is 0 Å². The Balaban J connectivity index is 1.94. The number of halogens is 1. The van der Waals surface area contributed by atoms with Gasteiger partial charge in [0.25, 0.3) is 0 Å². The van der Waals surface area contributed by atoms with Crippen LogP contribution in [0.3, 0.4) is 0 Å². The second kappa shape index (κ2) is 5.46. The van der Waals surface area contributed by atoms with Gasteiger partial charge in [-0.2, -0.15) is 0 Å². The first-order valence-electron chi connectivity index (χ1n) is 4.96. The molecule has 0 atom stereocenters. The quantitative estimate of drug-likeness (QED) is 0.798. The third-order valence-electron chi connectivity index (χ3n) is 2.11. The summed E-state index contributed by atoms with van der Waals surface area (Å²) in [6, 6.07) is 8.07. The number of ether oxygens (including phenoxy) is 1. The van der Waals surface area contributed by atoms with E-state index in [0.29, 0.717) is 6.61 Å². The van der Waals surface area contributed by atoms with Gasteiger partial charge in [0, 0.05) is 16.4 Å². The standard InChI is InChI=1S/C12H12BrNOS/c1-9-8-16-12(14-9)7-15-11-4-2-10(6-13)3-5-11/h2-5,8H,6-7H2,1H3. The van der Waals surface area contributed by atoms with Crippen LogP contribution in [-0.2, 0) is 11.9 Å². The summed E-state index contributed by atoms with van der Waals surface area (Å²) in [7, 11) is 0. The Bertz CT molecular complexity index is 452. The van der Waals surface area contributed by atoms with E-state index in [-0.39, 0.29) is 0 Å². The Morgan fingerprint density at radius 2 is 2.06 bits per heavy atom. The van der Waals surface area contributed by atoms with Gasteiger partial charge in [0.1, 0.15) is 17.4 Å². The van der Waals surface area contributed by atoms with E-state index in [2.05, 4.69) is 33.0 Å². The van der Waals surface area contributed by atoms with Crippen LogP contribution in [0.25, 0.3) is 0 Å². The monoisotopic (exact) mass is 297 g/mol. The Morgan fingerprint density at radius 1 is 1.31 bits per heavy atom. The average Bonchev–Trinajstić information content (AvgIpc) is 2.73. The smallest absolute Gasteiger partial charge is 0.140 e. The molecule has 1 aromatic carbocycles. The van der Waals surface area contributed by atoms with Crippen molar-refractivity contribution in [2.75, 3.05) is 0 Å². The normalized spacial score (nSPS) is 10.4. The van der Waals surface area contributed by atoms with Crippen LogP contribution in [-0.4, -0.2) is 4.98 Å². The van der Waals surface area contributed by atoms with Crippen LogP contribution in [0.5, 0.6) is 5.75 Å². The summed E-state index contributed by atoms with van der Waals surface area (Å²) < 4.78 is 5.64. The van der Waals surface area contributed by atoms with Gasteiger partial charge in [0.05, 0.1) is 0 Å². The first kappa shape index (κ1) is 11.6. The molecule has 0 spiro atoms. The zero-order valence-corrected chi connectivity index (χ0v) is 11.3. The van der Waals surface area contributed by atoms with Crippen LogP contribution in [0.15, 0.2) is 29.6 Å². The van der Waals surface area contributed by atoms with Crippen LogP contribution >= 0.6 is 27.3 Å². The van der Waals surface area contributed by atoms with E-state index >= 15 is 0 Å². The largest absolute Gasteiger partial charge is 0.486 e. The van der Waals surface area contributed by atoms with Gasteiger partial charge in [-0.15, -0.1) is 11.3 Å². The SMILES string of the molecule is Cc1csc(COc2ccc(CBr)cc2)n1. The fourth-order valence-corrected chi connectivity index (χ4v) is 2.35. The molecule has 0 aliphatic heterocycles. The van der Waals surface area contributed by atoms with E-state index in [9.17, 15) is 0 Å². The van der Waals surface area contributed by atoms with Crippen LogP contribution < -0.4 is 4.74 Å². The summed E-state index contributed by atoms with van der Waals surface area (Å²) in [5, 5.41) is 3.92. The van der Waals surface area contributed by atoms with Gasteiger partial charge in [0.2, 0.25) is 0 Å². The van der Waals surface area contributed by atoms with Crippen molar-refractivity contribution in [3.63, 3.8) is 0 Å². The van der Waals surface area contributed by atoms with Crippen LogP contribution in [0.1, 0.15) is 16.3 Å². The molecule has 0 unspecified atom stereocenters. The van der Waals surface area contributed by atoms with E-state index in [1.807, 2.05) is 24.4 Å². The molecule has 16 heavy (non-hydrogen) atoms. The Kier molecular flexibility index (Phi) is 3.96. The highest BCUT2D eigenvalue weighted by atomic mass is 79.9. The van der Waals surface area contributed by atoms with E-state index < -0.39 is 0 Å². The number of rotatable bonds is 4. The molecule has 0 radical (unpaired) electrons. The highest BCUT2D eigenvalue weighted by Crippen LogP contribution is 2.17. The minimum absolute atomic E-state index is 0.548. The highest BCUT2D eigenvalue weighted by molar-refractivity contribution is 9.08. The molecule has 84 valence electrons. The molecule has 0 amide bonds. The van der Waals surface area contributed by atoms with Crippen molar-refractivity contribution in [3.8, 4) is 5.75 Å². The molecule has 0 N–H and O–H groups in total. The molecule has 1 aromatic heterocycles. The van der Waals surface area contributed by atoms with E-state index in [0.717, 1.165) is 21.8 Å². The molecule has 0 aliphatic rings.